The molecule has 2 aliphatic rings. The van der Waals surface area contributed by atoms with Crippen molar-refractivity contribution in [3.05, 3.63) is 35.6 Å². The van der Waals surface area contributed by atoms with Crippen LogP contribution in [0.5, 0.6) is 0 Å². The third kappa shape index (κ3) is 4.29. The highest BCUT2D eigenvalue weighted by Gasteiger charge is 2.19. The van der Waals surface area contributed by atoms with E-state index in [1.165, 1.54) is 0 Å². The van der Waals surface area contributed by atoms with Gasteiger partial charge in [-0.05, 0) is 49.9 Å². The molecule has 0 aliphatic carbocycles. The number of hydrogen-bond acceptors (Lipinski definition) is 4. The predicted molar refractivity (Wildman–Crippen MR) is 95.0 cm³/mol. The van der Waals surface area contributed by atoms with Crippen molar-refractivity contribution >= 4 is 17.3 Å². The van der Waals surface area contributed by atoms with Crippen molar-refractivity contribution in [3.8, 4) is 0 Å². The van der Waals surface area contributed by atoms with E-state index in [0.29, 0.717) is 12.6 Å². The Morgan fingerprint density at radius 3 is 2.54 bits per heavy atom. The van der Waals surface area contributed by atoms with Gasteiger partial charge in [0, 0.05) is 37.1 Å². The molecule has 0 saturated carbocycles. The van der Waals surface area contributed by atoms with Gasteiger partial charge in [0.25, 0.3) is 5.91 Å². The minimum atomic E-state index is -0.0447. The van der Waals surface area contributed by atoms with Gasteiger partial charge in [-0.3, -0.25) is 4.79 Å². The fraction of sp³-hybridized carbons (Fsp3) is 0.526. The molecule has 1 aromatic carbocycles. The van der Waals surface area contributed by atoms with Crippen molar-refractivity contribution in [3.63, 3.8) is 0 Å². The van der Waals surface area contributed by atoms with Crippen molar-refractivity contribution in [1.82, 2.24) is 0 Å². The lowest BCUT2D eigenvalue weighted by atomic mass is 10.0. The molecule has 1 amide bonds. The van der Waals surface area contributed by atoms with Gasteiger partial charge < -0.3 is 20.1 Å². The van der Waals surface area contributed by atoms with Crippen molar-refractivity contribution in [2.45, 2.75) is 45.1 Å². The van der Waals surface area contributed by atoms with Gasteiger partial charge in [0.2, 0.25) is 0 Å². The first kappa shape index (κ1) is 16.8. The molecule has 5 nitrogen and oxygen atoms in total. The molecule has 2 aliphatic heterocycles. The lowest BCUT2D eigenvalue weighted by Gasteiger charge is -2.24. The smallest absolute Gasteiger partial charge is 0.254 e. The Morgan fingerprint density at radius 2 is 1.83 bits per heavy atom. The SMILES string of the molecule is CCC1=C(C(=O)Nc2ccc(NC3CCOCC3)cc2)CCCO1. The van der Waals surface area contributed by atoms with Crippen LogP contribution in [-0.2, 0) is 14.3 Å². The minimum Gasteiger partial charge on any atom is -0.497 e. The van der Waals surface area contributed by atoms with Crippen molar-refractivity contribution in [1.29, 1.82) is 0 Å². The number of amides is 1. The fourth-order valence-corrected chi connectivity index (χ4v) is 3.16. The topological polar surface area (TPSA) is 59.6 Å². The quantitative estimate of drug-likeness (QED) is 0.864. The number of benzene rings is 1. The van der Waals surface area contributed by atoms with Crippen LogP contribution in [0.25, 0.3) is 0 Å². The average molecular weight is 330 g/mol. The molecule has 3 rings (SSSR count). The summed E-state index contributed by atoms with van der Waals surface area (Å²) in [6.07, 6.45) is 4.52. The molecule has 1 saturated heterocycles. The number of rotatable bonds is 5. The molecule has 0 atom stereocenters. The lowest BCUT2D eigenvalue weighted by molar-refractivity contribution is -0.113. The highest BCUT2D eigenvalue weighted by molar-refractivity contribution is 6.04. The summed E-state index contributed by atoms with van der Waals surface area (Å²) in [7, 11) is 0. The van der Waals surface area contributed by atoms with E-state index in [1.807, 2.05) is 31.2 Å². The molecular weight excluding hydrogens is 304 g/mol. The molecular formula is C19H26N2O3. The number of hydrogen-bond donors (Lipinski definition) is 2. The highest BCUT2D eigenvalue weighted by Crippen LogP contribution is 2.24. The number of allylic oxidation sites excluding steroid dienone is 1. The van der Waals surface area contributed by atoms with Gasteiger partial charge in [-0.25, -0.2) is 0 Å². The minimum absolute atomic E-state index is 0.0447. The molecule has 2 N–H and O–H groups in total. The molecule has 0 bridgehead atoms. The molecule has 0 aromatic heterocycles. The maximum Gasteiger partial charge on any atom is 0.254 e. The molecule has 0 unspecified atom stereocenters. The molecule has 1 fully saturated rings. The van der Waals surface area contributed by atoms with E-state index in [2.05, 4.69) is 10.6 Å². The first-order valence-electron chi connectivity index (χ1n) is 8.87. The van der Waals surface area contributed by atoms with Crippen LogP contribution in [0.4, 0.5) is 11.4 Å². The number of nitrogens with one attached hydrogen (secondary N) is 2. The van der Waals surface area contributed by atoms with Crippen LogP contribution >= 0.6 is 0 Å². The number of anilines is 2. The van der Waals surface area contributed by atoms with Gasteiger partial charge in [0.1, 0.15) is 5.76 Å². The van der Waals surface area contributed by atoms with E-state index in [4.69, 9.17) is 9.47 Å². The third-order valence-corrected chi connectivity index (χ3v) is 4.51. The monoisotopic (exact) mass is 330 g/mol. The summed E-state index contributed by atoms with van der Waals surface area (Å²) < 4.78 is 11.0. The Balaban J connectivity index is 1.59. The molecule has 2 heterocycles. The Labute approximate surface area is 143 Å². The van der Waals surface area contributed by atoms with Crippen LogP contribution in [0.3, 0.4) is 0 Å². The summed E-state index contributed by atoms with van der Waals surface area (Å²) in [5, 5.41) is 6.50. The van der Waals surface area contributed by atoms with E-state index >= 15 is 0 Å². The van der Waals surface area contributed by atoms with Gasteiger partial charge in [0.05, 0.1) is 12.2 Å². The van der Waals surface area contributed by atoms with Crippen molar-refractivity contribution in [2.75, 3.05) is 30.5 Å². The van der Waals surface area contributed by atoms with Gasteiger partial charge in [-0.15, -0.1) is 0 Å². The van der Waals surface area contributed by atoms with Crippen LogP contribution in [0.2, 0.25) is 0 Å². The van der Waals surface area contributed by atoms with E-state index in [0.717, 1.165) is 68.0 Å². The fourth-order valence-electron chi connectivity index (χ4n) is 3.16. The van der Waals surface area contributed by atoms with Crippen molar-refractivity contribution < 1.29 is 14.3 Å². The maximum absolute atomic E-state index is 12.5. The van der Waals surface area contributed by atoms with E-state index in [1.54, 1.807) is 0 Å². The molecule has 1 aromatic rings. The molecule has 0 spiro atoms. The number of ether oxygens (including phenoxy) is 2. The molecule has 5 heteroatoms. The first-order valence-corrected chi connectivity index (χ1v) is 8.87. The second-order valence-electron chi connectivity index (χ2n) is 6.27. The summed E-state index contributed by atoms with van der Waals surface area (Å²) in [6, 6.07) is 8.37. The van der Waals surface area contributed by atoms with Crippen LogP contribution < -0.4 is 10.6 Å². The largest absolute Gasteiger partial charge is 0.497 e. The highest BCUT2D eigenvalue weighted by atomic mass is 16.5. The second kappa shape index (κ2) is 8.20. The summed E-state index contributed by atoms with van der Waals surface area (Å²) >= 11 is 0. The Morgan fingerprint density at radius 1 is 1.12 bits per heavy atom. The number of carbonyl (C=O) groups is 1. The zero-order valence-electron chi connectivity index (χ0n) is 14.3. The van der Waals surface area contributed by atoms with Crippen LogP contribution in [0.1, 0.15) is 39.0 Å². The van der Waals surface area contributed by atoms with Gasteiger partial charge in [-0.2, -0.15) is 0 Å². The van der Waals surface area contributed by atoms with E-state index in [9.17, 15) is 4.79 Å². The molecule has 24 heavy (non-hydrogen) atoms. The summed E-state index contributed by atoms with van der Waals surface area (Å²) in [5.74, 6) is 0.785. The Hall–Kier alpha value is -2.01. The normalized spacial score (nSPS) is 18.9. The van der Waals surface area contributed by atoms with Crippen molar-refractivity contribution in [2.24, 2.45) is 0 Å². The Bertz CT molecular complexity index is 589. The van der Waals surface area contributed by atoms with Crippen LogP contribution in [-0.4, -0.2) is 31.8 Å². The summed E-state index contributed by atoms with van der Waals surface area (Å²) in [4.78, 5) is 12.5. The Kier molecular flexibility index (Phi) is 5.75. The third-order valence-electron chi connectivity index (χ3n) is 4.51. The second-order valence-corrected chi connectivity index (χ2v) is 6.27. The zero-order valence-corrected chi connectivity index (χ0v) is 14.3. The van der Waals surface area contributed by atoms with E-state index in [-0.39, 0.29) is 5.91 Å². The van der Waals surface area contributed by atoms with E-state index < -0.39 is 0 Å². The maximum atomic E-state index is 12.5. The lowest BCUT2D eigenvalue weighted by Crippen LogP contribution is -2.27. The summed E-state index contributed by atoms with van der Waals surface area (Å²) in [5.41, 5.74) is 2.67. The zero-order chi connectivity index (χ0) is 16.8. The molecule has 130 valence electrons. The van der Waals surface area contributed by atoms with Gasteiger partial charge in [0.15, 0.2) is 0 Å². The van der Waals surface area contributed by atoms with Crippen LogP contribution in [0, 0.1) is 0 Å². The predicted octanol–water partition coefficient (Wildman–Crippen LogP) is 3.69. The molecule has 0 radical (unpaired) electrons. The standard InChI is InChI=1S/C19H26N2O3/c1-2-18-17(4-3-11-24-18)19(22)21-15-7-5-14(6-8-15)20-16-9-12-23-13-10-16/h5-8,16,20H,2-4,9-13H2,1H3,(H,21,22). The number of carbonyl (C=O) groups excluding carboxylic acids is 1. The average Bonchev–Trinajstić information content (AvgIpc) is 2.64. The summed E-state index contributed by atoms with van der Waals surface area (Å²) in [6.45, 7) is 4.38. The van der Waals surface area contributed by atoms with Gasteiger partial charge >= 0.3 is 0 Å². The van der Waals surface area contributed by atoms with Crippen LogP contribution in [0.15, 0.2) is 35.6 Å². The van der Waals surface area contributed by atoms with Gasteiger partial charge in [-0.1, -0.05) is 6.92 Å². The first-order chi connectivity index (χ1) is 11.8.